The number of amides is 1. The van der Waals surface area contributed by atoms with Crippen LogP contribution < -0.4 is 4.74 Å². The summed E-state index contributed by atoms with van der Waals surface area (Å²) in [4.78, 5) is 21.7. The quantitative estimate of drug-likeness (QED) is 0.825. The minimum Gasteiger partial charge on any atom is -0.471 e. The lowest BCUT2D eigenvalue weighted by molar-refractivity contribution is 0.0275. The lowest BCUT2D eigenvalue weighted by atomic mass is 10.2. The fourth-order valence-electron chi connectivity index (χ4n) is 1.85. The van der Waals surface area contributed by atoms with Crippen molar-refractivity contribution in [2.75, 3.05) is 13.1 Å². The average molecular weight is 344 g/mol. The summed E-state index contributed by atoms with van der Waals surface area (Å²) < 4.78 is 11.7. The van der Waals surface area contributed by atoms with E-state index in [1.165, 1.54) is 0 Å². The number of nitrogens with zero attached hydrogens (tertiary/aromatic N) is 3. The lowest BCUT2D eigenvalue weighted by Gasteiger charge is -2.24. The molecule has 6 nitrogen and oxygen atoms in total. The van der Waals surface area contributed by atoms with E-state index in [0.29, 0.717) is 23.6 Å². The molecule has 0 saturated carbocycles. The van der Waals surface area contributed by atoms with Gasteiger partial charge in [-0.3, -0.25) is 0 Å². The second-order valence-corrected chi connectivity index (χ2v) is 6.44. The molecular weight excluding hydrogens is 326 g/mol. The molecule has 0 N–H and O–H groups in total. The smallest absolute Gasteiger partial charge is 0.410 e. The molecule has 1 aromatic heterocycles. The van der Waals surface area contributed by atoms with Crippen LogP contribution in [0.25, 0.3) is 0 Å². The molecule has 1 amide bonds. The van der Waals surface area contributed by atoms with E-state index in [0.717, 1.165) is 6.42 Å². The Labute approximate surface area is 126 Å². The predicted molar refractivity (Wildman–Crippen MR) is 76.6 cm³/mol. The molecule has 1 aromatic rings. The number of likely N-dealkylation sites (tertiary alicyclic amines) is 1. The highest BCUT2D eigenvalue weighted by Crippen LogP contribution is 2.19. The number of halogens is 1. The van der Waals surface area contributed by atoms with Crippen LogP contribution in [0.5, 0.6) is 5.88 Å². The van der Waals surface area contributed by atoms with Crippen LogP contribution in [0.3, 0.4) is 0 Å². The maximum absolute atomic E-state index is 11.9. The van der Waals surface area contributed by atoms with Crippen LogP contribution in [0.15, 0.2) is 17.0 Å². The molecule has 1 saturated heterocycles. The molecule has 0 unspecified atom stereocenters. The molecular formula is C13H18BrN3O3. The molecule has 0 radical (unpaired) electrons. The van der Waals surface area contributed by atoms with Gasteiger partial charge < -0.3 is 14.4 Å². The molecule has 1 aliphatic rings. The van der Waals surface area contributed by atoms with Crippen molar-refractivity contribution in [2.45, 2.75) is 38.9 Å². The van der Waals surface area contributed by atoms with E-state index >= 15 is 0 Å². The van der Waals surface area contributed by atoms with E-state index < -0.39 is 5.60 Å². The molecule has 1 fully saturated rings. The third-order valence-electron chi connectivity index (χ3n) is 2.68. The minimum absolute atomic E-state index is 0.0713. The van der Waals surface area contributed by atoms with Crippen molar-refractivity contribution < 1.29 is 14.3 Å². The number of aromatic nitrogens is 2. The lowest BCUT2D eigenvalue weighted by Crippen LogP contribution is -2.36. The molecule has 20 heavy (non-hydrogen) atoms. The van der Waals surface area contributed by atoms with Gasteiger partial charge in [-0.2, -0.15) is 0 Å². The standard InChI is InChI=1S/C13H18BrN3O3/c1-13(2,3)20-12(18)17-5-4-9(8-17)19-11-7-15-10(14)6-16-11/h6-7,9H,4-5,8H2,1-3H3/t9-/m1/s1. The van der Waals surface area contributed by atoms with Gasteiger partial charge in [0, 0.05) is 13.0 Å². The zero-order chi connectivity index (χ0) is 14.8. The highest BCUT2D eigenvalue weighted by Gasteiger charge is 2.31. The Bertz CT molecular complexity index is 473. The third kappa shape index (κ3) is 4.33. The summed E-state index contributed by atoms with van der Waals surface area (Å²) in [6, 6.07) is 0. The first-order valence-electron chi connectivity index (χ1n) is 6.45. The number of rotatable bonds is 2. The fraction of sp³-hybridized carbons (Fsp3) is 0.615. The van der Waals surface area contributed by atoms with Crippen LogP contribution in [0, 0.1) is 0 Å². The molecule has 0 aromatic carbocycles. The first-order valence-corrected chi connectivity index (χ1v) is 7.25. The van der Waals surface area contributed by atoms with Crippen LogP contribution in [0.1, 0.15) is 27.2 Å². The third-order valence-corrected chi connectivity index (χ3v) is 3.09. The fourth-order valence-corrected chi connectivity index (χ4v) is 2.05. The Kier molecular flexibility index (Phi) is 4.47. The Morgan fingerprint density at radius 2 is 2.15 bits per heavy atom. The molecule has 7 heteroatoms. The van der Waals surface area contributed by atoms with Crippen molar-refractivity contribution in [1.29, 1.82) is 0 Å². The number of ether oxygens (including phenoxy) is 2. The van der Waals surface area contributed by atoms with Crippen molar-refractivity contribution in [2.24, 2.45) is 0 Å². The van der Waals surface area contributed by atoms with Gasteiger partial charge in [0.15, 0.2) is 0 Å². The zero-order valence-electron chi connectivity index (χ0n) is 11.8. The van der Waals surface area contributed by atoms with Gasteiger partial charge in [-0.1, -0.05) is 0 Å². The highest BCUT2D eigenvalue weighted by atomic mass is 79.9. The molecule has 0 bridgehead atoms. The Hall–Kier alpha value is -1.37. The van der Waals surface area contributed by atoms with E-state index in [1.54, 1.807) is 17.3 Å². The largest absolute Gasteiger partial charge is 0.471 e. The van der Waals surface area contributed by atoms with Gasteiger partial charge in [-0.05, 0) is 36.7 Å². The molecule has 1 aliphatic heterocycles. The second-order valence-electron chi connectivity index (χ2n) is 5.63. The SMILES string of the molecule is CC(C)(C)OC(=O)N1CC[C@@H](Oc2cnc(Br)cn2)C1. The van der Waals surface area contributed by atoms with Gasteiger partial charge in [0.05, 0.1) is 18.9 Å². The van der Waals surface area contributed by atoms with Gasteiger partial charge in [0.1, 0.15) is 16.3 Å². The van der Waals surface area contributed by atoms with E-state index in [1.807, 2.05) is 20.8 Å². The van der Waals surface area contributed by atoms with Gasteiger partial charge in [0.2, 0.25) is 5.88 Å². The van der Waals surface area contributed by atoms with Crippen LogP contribution in [0.2, 0.25) is 0 Å². The molecule has 0 aliphatic carbocycles. The number of carbonyl (C=O) groups excluding carboxylic acids is 1. The molecule has 2 heterocycles. The minimum atomic E-state index is -0.479. The maximum Gasteiger partial charge on any atom is 0.410 e. The maximum atomic E-state index is 11.9. The van der Waals surface area contributed by atoms with Gasteiger partial charge in [-0.15, -0.1) is 0 Å². The zero-order valence-corrected chi connectivity index (χ0v) is 13.4. The van der Waals surface area contributed by atoms with E-state index in [-0.39, 0.29) is 12.2 Å². The summed E-state index contributed by atoms with van der Waals surface area (Å²) in [6.07, 6.45) is 3.52. The van der Waals surface area contributed by atoms with E-state index in [2.05, 4.69) is 25.9 Å². The van der Waals surface area contributed by atoms with Crippen LogP contribution in [-0.2, 0) is 4.74 Å². The summed E-state index contributed by atoms with van der Waals surface area (Å²) >= 11 is 3.22. The number of hydrogen-bond donors (Lipinski definition) is 0. The first kappa shape index (κ1) is 15.0. The van der Waals surface area contributed by atoms with Gasteiger partial charge >= 0.3 is 6.09 Å². The first-order chi connectivity index (χ1) is 9.33. The van der Waals surface area contributed by atoms with Crippen molar-refractivity contribution in [3.05, 3.63) is 17.0 Å². The summed E-state index contributed by atoms with van der Waals surface area (Å²) in [6.45, 7) is 6.70. The van der Waals surface area contributed by atoms with Crippen LogP contribution >= 0.6 is 15.9 Å². The molecule has 110 valence electrons. The second kappa shape index (κ2) is 5.95. The van der Waals surface area contributed by atoms with Crippen molar-refractivity contribution in [3.8, 4) is 5.88 Å². The molecule has 0 spiro atoms. The molecule has 2 rings (SSSR count). The van der Waals surface area contributed by atoms with Gasteiger partial charge in [-0.25, -0.2) is 14.8 Å². The highest BCUT2D eigenvalue weighted by molar-refractivity contribution is 9.10. The van der Waals surface area contributed by atoms with Crippen molar-refractivity contribution in [3.63, 3.8) is 0 Å². The van der Waals surface area contributed by atoms with E-state index in [9.17, 15) is 4.79 Å². The summed E-state index contributed by atoms with van der Waals surface area (Å²) in [5, 5.41) is 0. The summed E-state index contributed by atoms with van der Waals surface area (Å²) in [7, 11) is 0. The summed E-state index contributed by atoms with van der Waals surface area (Å²) in [5.41, 5.74) is -0.479. The van der Waals surface area contributed by atoms with Crippen molar-refractivity contribution >= 4 is 22.0 Å². The van der Waals surface area contributed by atoms with Crippen LogP contribution in [-0.4, -0.2) is 45.8 Å². The Morgan fingerprint density at radius 1 is 1.40 bits per heavy atom. The number of carbonyl (C=O) groups is 1. The normalized spacial score (nSPS) is 19.0. The Balaban J connectivity index is 1.86. The van der Waals surface area contributed by atoms with Crippen molar-refractivity contribution in [1.82, 2.24) is 14.9 Å². The Morgan fingerprint density at radius 3 is 2.75 bits per heavy atom. The molecule has 1 atom stereocenters. The summed E-state index contributed by atoms with van der Waals surface area (Å²) in [5.74, 6) is 0.462. The van der Waals surface area contributed by atoms with Gasteiger partial charge in [0.25, 0.3) is 0 Å². The monoisotopic (exact) mass is 343 g/mol. The van der Waals surface area contributed by atoms with Crippen LogP contribution in [0.4, 0.5) is 4.79 Å². The topological polar surface area (TPSA) is 64.5 Å². The average Bonchev–Trinajstić information content (AvgIpc) is 2.79. The number of hydrogen-bond acceptors (Lipinski definition) is 5. The predicted octanol–water partition coefficient (Wildman–Crippen LogP) is 2.63. The van der Waals surface area contributed by atoms with E-state index in [4.69, 9.17) is 9.47 Å².